The van der Waals surface area contributed by atoms with Gasteiger partial charge in [-0.25, -0.2) is 12.7 Å². The number of anilines is 1. The maximum absolute atomic E-state index is 12.5. The monoisotopic (exact) mass is 354 g/mol. The Bertz CT molecular complexity index is 873. The SMILES string of the molecule is CN(C)S(=O)(=O)c1ccc2c(c1)CCN2C(=O)c1ccc(Cl)o1. The summed E-state index contributed by atoms with van der Waals surface area (Å²) in [5, 5.41) is 0.153. The Morgan fingerprint density at radius 1 is 1.26 bits per heavy atom. The predicted octanol–water partition coefficient (Wildman–Crippen LogP) is 2.39. The van der Waals surface area contributed by atoms with Gasteiger partial charge in [0.2, 0.25) is 10.0 Å². The van der Waals surface area contributed by atoms with Crippen LogP contribution in [0.3, 0.4) is 0 Å². The molecular formula is C15H15ClN2O4S. The number of amides is 1. The Balaban J connectivity index is 1.94. The first kappa shape index (κ1) is 16.0. The van der Waals surface area contributed by atoms with Gasteiger partial charge in [-0.1, -0.05) is 0 Å². The van der Waals surface area contributed by atoms with Gasteiger partial charge >= 0.3 is 0 Å². The lowest BCUT2D eigenvalue weighted by Crippen LogP contribution is -2.28. The van der Waals surface area contributed by atoms with Gasteiger partial charge in [0, 0.05) is 26.3 Å². The van der Waals surface area contributed by atoms with Crippen LogP contribution in [0.5, 0.6) is 0 Å². The number of rotatable bonds is 3. The van der Waals surface area contributed by atoms with E-state index in [0.29, 0.717) is 18.7 Å². The Morgan fingerprint density at radius 2 is 2.00 bits per heavy atom. The number of furan rings is 1. The summed E-state index contributed by atoms with van der Waals surface area (Å²) in [5.41, 5.74) is 1.51. The van der Waals surface area contributed by atoms with Gasteiger partial charge in [0.1, 0.15) is 0 Å². The molecule has 0 spiro atoms. The number of fused-ring (bicyclic) bond motifs is 1. The molecule has 0 unspecified atom stereocenters. The molecule has 1 aromatic heterocycles. The first-order valence-electron chi connectivity index (χ1n) is 6.93. The third-order valence-corrected chi connectivity index (χ3v) is 5.77. The molecular weight excluding hydrogens is 340 g/mol. The van der Waals surface area contributed by atoms with E-state index in [1.807, 2.05) is 0 Å². The van der Waals surface area contributed by atoms with Gasteiger partial charge in [0.05, 0.1) is 4.90 Å². The number of carbonyl (C=O) groups excluding carboxylic acids is 1. The molecule has 3 rings (SSSR count). The second kappa shape index (κ2) is 5.67. The Hall–Kier alpha value is -1.83. The van der Waals surface area contributed by atoms with Gasteiger partial charge in [0.25, 0.3) is 5.91 Å². The largest absolute Gasteiger partial charge is 0.440 e. The van der Waals surface area contributed by atoms with Crippen LogP contribution in [0.1, 0.15) is 16.1 Å². The van der Waals surface area contributed by atoms with Crippen molar-refractivity contribution in [3.05, 3.63) is 46.9 Å². The van der Waals surface area contributed by atoms with E-state index in [0.717, 1.165) is 9.87 Å². The summed E-state index contributed by atoms with van der Waals surface area (Å²) in [5.74, 6) is -0.133. The highest BCUT2D eigenvalue weighted by Gasteiger charge is 2.29. The molecule has 0 saturated carbocycles. The number of hydrogen-bond acceptors (Lipinski definition) is 4. The van der Waals surface area contributed by atoms with Crippen molar-refractivity contribution in [2.24, 2.45) is 0 Å². The van der Waals surface area contributed by atoms with Crippen LogP contribution in [0.25, 0.3) is 0 Å². The fourth-order valence-corrected chi connectivity index (χ4v) is 3.62. The molecule has 0 atom stereocenters. The molecule has 0 fully saturated rings. The van der Waals surface area contributed by atoms with E-state index >= 15 is 0 Å². The minimum Gasteiger partial charge on any atom is -0.440 e. The molecule has 2 heterocycles. The van der Waals surface area contributed by atoms with Crippen LogP contribution in [0.2, 0.25) is 5.22 Å². The minimum atomic E-state index is -3.49. The molecule has 0 aliphatic carbocycles. The molecule has 1 aliphatic rings. The van der Waals surface area contributed by atoms with Crippen molar-refractivity contribution >= 4 is 33.2 Å². The Labute approximate surface area is 139 Å². The third kappa shape index (κ3) is 2.75. The molecule has 1 amide bonds. The molecule has 122 valence electrons. The summed E-state index contributed by atoms with van der Waals surface area (Å²) in [6.45, 7) is 0.470. The van der Waals surface area contributed by atoms with Crippen LogP contribution in [0.15, 0.2) is 39.6 Å². The van der Waals surface area contributed by atoms with Gasteiger partial charge in [0.15, 0.2) is 11.0 Å². The number of carbonyl (C=O) groups is 1. The molecule has 8 heteroatoms. The van der Waals surface area contributed by atoms with Crippen LogP contribution < -0.4 is 4.90 Å². The molecule has 2 aromatic rings. The third-order valence-electron chi connectivity index (χ3n) is 3.75. The fourth-order valence-electron chi connectivity index (χ4n) is 2.52. The topological polar surface area (TPSA) is 70.8 Å². The van der Waals surface area contributed by atoms with Crippen LogP contribution in [-0.2, 0) is 16.4 Å². The van der Waals surface area contributed by atoms with E-state index < -0.39 is 10.0 Å². The number of benzene rings is 1. The lowest BCUT2D eigenvalue weighted by Gasteiger charge is -2.17. The summed E-state index contributed by atoms with van der Waals surface area (Å²) < 4.78 is 30.7. The second-order valence-electron chi connectivity index (χ2n) is 5.39. The van der Waals surface area contributed by atoms with Gasteiger partial charge in [-0.3, -0.25) is 4.79 Å². The smallest absolute Gasteiger partial charge is 0.294 e. The number of sulfonamides is 1. The van der Waals surface area contributed by atoms with Gasteiger partial charge < -0.3 is 9.32 Å². The molecule has 0 N–H and O–H groups in total. The van der Waals surface area contributed by atoms with E-state index in [-0.39, 0.29) is 21.8 Å². The van der Waals surface area contributed by atoms with Gasteiger partial charge in [-0.15, -0.1) is 0 Å². The maximum atomic E-state index is 12.5. The van der Waals surface area contributed by atoms with Crippen molar-refractivity contribution in [2.45, 2.75) is 11.3 Å². The highest BCUT2D eigenvalue weighted by Crippen LogP contribution is 2.32. The van der Waals surface area contributed by atoms with Crippen LogP contribution in [0, 0.1) is 0 Å². The van der Waals surface area contributed by atoms with Crippen molar-refractivity contribution < 1.29 is 17.6 Å². The lowest BCUT2D eigenvalue weighted by atomic mass is 10.2. The summed E-state index contributed by atoms with van der Waals surface area (Å²) >= 11 is 5.70. The van der Waals surface area contributed by atoms with E-state index in [1.165, 1.54) is 32.3 Å². The van der Waals surface area contributed by atoms with Gasteiger partial charge in [-0.2, -0.15) is 0 Å². The first-order chi connectivity index (χ1) is 10.8. The molecule has 23 heavy (non-hydrogen) atoms. The molecule has 0 saturated heterocycles. The van der Waals surface area contributed by atoms with Crippen molar-refractivity contribution in [2.75, 3.05) is 25.5 Å². The minimum absolute atomic E-state index is 0.153. The van der Waals surface area contributed by atoms with E-state index in [2.05, 4.69) is 0 Å². The van der Waals surface area contributed by atoms with Crippen molar-refractivity contribution in [3.8, 4) is 0 Å². The highest BCUT2D eigenvalue weighted by atomic mass is 35.5. The summed E-state index contributed by atoms with van der Waals surface area (Å²) in [6, 6.07) is 7.81. The lowest BCUT2D eigenvalue weighted by molar-refractivity contribution is 0.0963. The van der Waals surface area contributed by atoms with Crippen LogP contribution in [-0.4, -0.2) is 39.3 Å². The summed E-state index contributed by atoms with van der Waals surface area (Å²) in [4.78, 5) is 14.2. The zero-order valence-corrected chi connectivity index (χ0v) is 14.2. The quantitative estimate of drug-likeness (QED) is 0.848. The standard InChI is InChI=1S/C15H15ClN2O4S/c1-17(2)23(20,21)11-3-4-12-10(9-11)7-8-18(12)15(19)13-5-6-14(16)22-13/h3-6,9H,7-8H2,1-2H3. The highest BCUT2D eigenvalue weighted by molar-refractivity contribution is 7.89. The molecule has 1 aromatic carbocycles. The van der Waals surface area contributed by atoms with E-state index in [1.54, 1.807) is 17.0 Å². The second-order valence-corrected chi connectivity index (χ2v) is 7.91. The summed E-state index contributed by atoms with van der Waals surface area (Å²) in [7, 11) is -0.521. The predicted molar refractivity (Wildman–Crippen MR) is 86.4 cm³/mol. The molecule has 0 bridgehead atoms. The fraction of sp³-hybridized carbons (Fsp3) is 0.267. The van der Waals surface area contributed by atoms with Gasteiger partial charge in [-0.05, 0) is 53.9 Å². The average Bonchev–Trinajstić information content (AvgIpc) is 3.11. The van der Waals surface area contributed by atoms with Crippen LogP contribution >= 0.6 is 11.6 Å². The van der Waals surface area contributed by atoms with Crippen molar-refractivity contribution in [1.82, 2.24) is 4.31 Å². The average molecular weight is 355 g/mol. The Morgan fingerprint density at radius 3 is 2.61 bits per heavy atom. The molecule has 0 radical (unpaired) electrons. The van der Waals surface area contributed by atoms with E-state index in [9.17, 15) is 13.2 Å². The zero-order valence-electron chi connectivity index (χ0n) is 12.6. The Kier molecular flexibility index (Phi) is 3.95. The molecule has 1 aliphatic heterocycles. The normalized spacial score (nSPS) is 14.3. The van der Waals surface area contributed by atoms with E-state index in [4.69, 9.17) is 16.0 Å². The van der Waals surface area contributed by atoms with Crippen molar-refractivity contribution in [3.63, 3.8) is 0 Å². The zero-order chi connectivity index (χ0) is 16.8. The maximum Gasteiger partial charge on any atom is 0.294 e. The molecule has 6 nitrogen and oxygen atoms in total. The number of halogens is 1. The first-order valence-corrected chi connectivity index (χ1v) is 8.75. The summed E-state index contributed by atoms with van der Waals surface area (Å²) in [6.07, 6.45) is 0.590. The van der Waals surface area contributed by atoms with Crippen molar-refractivity contribution in [1.29, 1.82) is 0 Å². The number of nitrogens with zero attached hydrogens (tertiary/aromatic N) is 2. The number of hydrogen-bond donors (Lipinski definition) is 0. The van der Waals surface area contributed by atoms with Crippen LogP contribution in [0.4, 0.5) is 5.69 Å².